The summed E-state index contributed by atoms with van der Waals surface area (Å²) in [6, 6.07) is 3.94. The normalized spacial score (nSPS) is 13.7. The zero-order valence-corrected chi connectivity index (χ0v) is 10.8. The van der Waals surface area contributed by atoms with Crippen molar-refractivity contribution in [1.82, 2.24) is 0 Å². The van der Waals surface area contributed by atoms with Crippen LogP contribution in [0.4, 0.5) is 4.39 Å². The second-order valence-corrected chi connectivity index (χ2v) is 3.78. The van der Waals surface area contributed by atoms with E-state index in [0.717, 1.165) is 6.42 Å². The highest BCUT2D eigenvalue weighted by atomic mass is 35.5. The van der Waals surface area contributed by atoms with Crippen LogP contribution in [0.2, 0.25) is 0 Å². The van der Waals surface area contributed by atoms with Gasteiger partial charge in [-0.25, -0.2) is 4.39 Å². The molecule has 1 aromatic carbocycles. The Morgan fingerprint density at radius 3 is 2.59 bits per heavy atom. The molecule has 0 heterocycles. The zero-order valence-electron chi connectivity index (χ0n) is 10.0. The van der Waals surface area contributed by atoms with E-state index in [1.807, 2.05) is 6.92 Å². The van der Waals surface area contributed by atoms with Crippen molar-refractivity contribution < 1.29 is 14.2 Å². The average Bonchev–Trinajstić information content (AvgIpc) is 2.28. The highest BCUT2D eigenvalue weighted by molar-refractivity contribution is 5.85. The van der Waals surface area contributed by atoms with E-state index in [1.165, 1.54) is 19.2 Å². The standard InChI is InChI=1S/C12H18FNO2.ClH/c1-3-4-10(15)12(14)8-5-6-11(16-2)9(13)7-8;/h5-7,10,12,15H,3-4,14H2,1-2H3;1H/t10-,12+;/m0./s1. The Bertz CT molecular complexity index is 349. The van der Waals surface area contributed by atoms with Crippen LogP contribution in [-0.4, -0.2) is 18.3 Å². The molecule has 0 radical (unpaired) electrons. The first kappa shape index (κ1) is 16.2. The van der Waals surface area contributed by atoms with Crippen LogP contribution in [0.25, 0.3) is 0 Å². The smallest absolute Gasteiger partial charge is 0.165 e. The Morgan fingerprint density at radius 2 is 2.12 bits per heavy atom. The summed E-state index contributed by atoms with van der Waals surface area (Å²) in [6.07, 6.45) is 0.806. The fourth-order valence-electron chi connectivity index (χ4n) is 1.59. The number of ether oxygens (including phenoxy) is 1. The highest BCUT2D eigenvalue weighted by Crippen LogP contribution is 2.23. The SMILES string of the molecule is CCC[C@H](O)[C@H](N)c1ccc(OC)c(F)c1.Cl. The maximum atomic E-state index is 13.4. The lowest BCUT2D eigenvalue weighted by Crippen LogP contribution is -2.26. The second-order valence-electron chi connectivity index (χ2n) is 3.78. The van der Waals surface area contributed by atoms with Gasteiger partial charge in [0.1, 0.15) is 0 Å². The zero-order chi connectivity index (χ0) is 12.1. The minimum Gasteiger partial charge on any atom is -0.494 e. The van der Waals surface area contributed by atoms with Crippen LogP contribution in [0.15, 0.2) is 18.2 Å². The molecule has 98 valence electrons. The molecule has 3 nitrogen and oxygen atoms in total. The molecule has 0 saturated heterocycles. The van der Waals surface area contributed by atoms with Crippen molar-refractivity contribution in [1.29, 1.82) is 0 Å². The van der Waals surface area contributed by atoms with Crippen LogP contribution in [-0.2, 0) is 0 Å². The molecular formula is C12H19ClFNO2. The quantitative estimate of drug-likeness (QED) is 0.858. The van der Waals surface area contributed by atoms with Crippen LogP contribution in [0.1, 0.15) is 31.4 Å². The Balaban J connectivity index is 0.00000256. The molecule has 3 N–H and O–H groups in total. The summed E-state index contributed by atoms with van der Waals surface area (Å²) in [7, 11) is 1.41. The monoisotopic (exact) mass is 263 g/mol. The van der Waals surface area contributed by atoms with Gasteiger partial charge >= 0.3 is 0 Å². The predicted molar refractivity (Wildman–Crippen MR) is 68.0 cm³/mol. The van der Waals surface area contributed by atoms with Crippen molar-refractivity contribution >= 4 is 12.4 Å². The minimum atomic E-state index is -0.641. The van der Waals surface area contributed by atoms with Crippen molar-refractivity contribution in [2.75, 3.05) is 7.11 Å². The Hall–Kier alpha value is -0.840. The largest absolute Gasteiger partial charge is 0.494 e. The van der Waals surface area contributed by atoms with Crippen LogP contribution >= 0.6 is 12.4 Å². The highest BCUT2D eigenvalue weighted by Gasteiger charge is 2.17. The maximum Gasteiger partial charge on any atom is 0.165 e. The number of hydrogen-bond donors (Lipinski definition) is 2. The van der Waals surface area contributed by atoms with E-state index in [1.54, 1.807) is 6.07 Å². The average molecular weight is 264 g/mol. The first-order valence-electron chi connectivity index (χ1n) is 5.37. The van der Waals surface area contributed by atoms with Crippen molar-refractivity contribution in [3.8, 4) is 5.75 Å². The number of methoxy groups -OCH3 is 1. The van der Waals surface area contributed by atoms with Gasteiger partial charge in [-0.3, -0.25) is 0 Å². The lowest BCUT2D eigenvalue weighted by atomic mass is 9.99. The van der Waals surface area contributed by atoms with E-state index in [0.29, 0.717) is 12.0 Å². The lowest BCUT2D eigenvalue weighted by Gasteiger charge is -2.19. The van der Waals surface area contributed by atoms with Gasteiger partial charge in [0.25, 0.3) is 0 Å². The third kappa shape index (κ3) is 4.15. The first-order chi connectivity index (χ1) is 7.60. The predicted octanol–water partition coefficient (Wildman–Crippen LogP) is 2.42. The van der Waals surface area contributed by atoms with Crippen molar-refractivity contribution in [3.05, 3.63) is 29.6 Å². The summed E-state index contributed by atoms with van der Waals surface area (Å²) >= 11 is 0. The molecule has 0 spiro atoms. The molecule has 5 heteroatoms. The lowest BCUT2D eigenvalue weighted by molar-refractivity contribution is 0.134. The molecule has 0 unspecified atom stereocenters. The van der Waals surface area contributed by atoms with Gasteiger partial charge in [-0.15, -0.1) is 12.4 Å². The van der Waals surface area contributed by atoms with Crippen LogP contribution in [0.3, 0.4) is 0 Å². The third-order valence-corrected chi connectivity index (χ3v) is 2.56. The number of halogens is 2. The maximum absolute atomic E-state index is 13.4. The van der Waals surface area contributed by atoms with Gasteiger partial charge in [0.05, 0.1) is 19.3 Å². The van der Waals surface area contributed by atoms with Crippen LogP contribution in [0.5, 0.6) is 5.75 Å². The summed E-state index contributed by atoms with van der Waals surface area (Å²) in [4.78, 5) is 0. The molecule has 0 aliphatic heterocycles. The molecule has 17 heavy (non-hydrogen) atoms. The number of benzene rings is 1. The Labute approximate surface area is 107 Å². The first-order valence-corrected chi connectivity index (χ1v) is 5.37. The van der Waals surface area contributed by atoms with Gasteiger partial charge < -0.3 is 15.6 Å². The molecule has 0 aliphatic carbocycles. The van der Waals surface area contributed by atoms with E-state index >= 15 is 0 Å². The number of nitrogens with two attached hydrogens (primary N) is 1. The van der Waals surface area contributed by atoms with Gasteiger partial charge in [0.15, 0.2) is 11.6 Å². The summed E-state index contributed by atoms with van der Waals surface area (Å²) in [5, 5.41) is 9.71. The van der Waals surface area contributed by atoms with Gasteiger partial charge in [-0.1, -0.05) is 19.4 Å². The summed E-state index contributed by atoms with van der Waals surface area (Å²) in [5.74, 6) is -0.278. The molecule has 0 fully saturated rings. The molecule has 1 rings (SSSR count). The second kappa shape index (κ2) is 7.48. The Morgan fingerprint density at radius 1 is 1.47 bits per heavy atom. The van der Waals surface area contributed by atoms with Crippen molar-refractivity contribution in [3.63, 3.8) is 0 Å². The fraction of sp³-hybridized carbons (Fsp3) is 0.500. The van der Waals surface area contributed by atoms with E-state index in [-0.39, 0.29) is 18.2 Å². The number of aliphatic hydroxyl groups is 1. The molecule has 1 aromatic rings. The topological polar surface area (TPSA) is 55.5 Å². The van der Waals surface area contributed by atoms with Gasteiger partial charge in [-0.05, 0) is 24.1 Å². The molecule has 0 aromatic heterocycles. The Kier molecular flexibility index (Phi) is 7.11. The van der Waals surface area contributed by atoms with E-state index in [4.69, 9.17) is 10.5 Å². The molecule has 2 atom stereocenters. The summed E-state index contributed by atoms with van der Waals surface area (Å²) in [6.45, 7) is 1.96. The fourth-order valence-corrected chi connectivity index (χ4v) is 1.59. The van der Waals surface area contributed by atoms with E-state index in [2.05, 4.69) is 0 Å². The van der Waals surface area contributed by atoms with Gasteiger partial charge in [-0.2, -0.15) is 0 Å². The summed E-state index contributed by atoms with van der Waals surface area (Å²) in [5.41, 5.74) is 6.41. The van der Waals surface area contributed by atoms with Crippen molar-refractivity contribution in [2.45, 2.75) is 31.9 Å². The van der Waals surface area contributed by atoms with Gasteiger partial charge in [0, 0.05) is 0 Å². The minimum absolute atomic E-state index is 0. The van der Waals surface area contributed by atoms with Crippen LogP contribution < -0.4 is 10.5 Å². The number of aliphatic hydroxyl groups excluding tert-OH is 1. The van der Waals surface area contributed by atoms with E-state index < -0.39 is 18.0 Å². The number of hydrogen-bond acceptors (Lipinski definition) is 3. The molecule has 0 saturated carbocycles. The van der Waals surface area contributed by atoms with Crippen LogP contribution in [0, 0.1) is 5.82 Å². The molecule has 0 amide bonds. The molecular weight excluding hydrogens is 245 g/mol. The van der Waals surface area contributed by atoms with E-state index in [9.17, 15) is 9.50 Å². The molecule has 0 aliphatic rings. The third-order valence-electron chi connectivity index (χ3n) is 2.56. The number of rotatable bonds is 5. The summed E-state index contributed by atoms with van der Waals surface area (Å²) < 4.78 is 18.2. The van der Waals surface area contributed by atoms with Gasteiger partial charge in [0.2, 0.25) is 0 Å². The van der Waals surface area contributed by atoms with Crippen molar-refractivity contribution in [2.24, 2.45) is 5.73 Å². The molecule has 0 bridgehead atoms.